The number of amides is 1. The highest BCUT2D eigenvalue weighted by Gasteiger charge is 2.27. The second kappa shape index (κ2) is 50.7. The fraction of sp³-hybridized carbons (Fsp3) is 0.867. The SMILES string of the molecule is CCCCC/C=C\C/C=C\CCCCCCCCCC(=O)NC(COP(=O)([O-])OCC[N+](C)(C)C)C(/C=C/CCCCCCCCCCCC)OC(=O)CCCCCCCCCCCCCCCCC. The van der Waals surface area contributed by atoms with E-state index in [-0.39, 0.29) is 31.5 Å². The lowest BCUT2D eigenvalue weighted by molar-refractivity contribution is -0.870. The van der Waals surface area contributed by atoms with Crippen LogP contribution in [0.2, 0.25) is 0 Å². The van der Waals surface area contributed by atoms with Crippen LogP contribution in [-0.4, -0.2) is 69.4 Å². The number of allylic oxidation sites excluding steroid dienone is 5. The first-order chi connectivity index (χ1) is 33.9. The Morgan fingerprint density at radius 3 is 1.31 bits per heavy atom. The number of esters is 1. The minimum atomic E-state index is -4.69. The number of rotatable bonds is 54. The first-order valence-electron chi connectivity index (χ1n) is 29.8. The van der Waals surface area contributed by atoms with E-state index in [2.05, 4.69) is 50.4 Å². The molecule has 0 aliphatic carbocycles. The van der Waals surface area contributed by atoms with Crippen molar-refractivity contribution >= 4 is 19.7 Å². The van der Waals surface area contributed by atoms with E-state index in [1.54, 1.807) is 0 Å². The number of likely N-dealkylation sites (N-methyl/N-ethyl adjacent to an activating group) is 1. The summed E-state index contributed by atoms with van der Waals surface area (Å²) in [5.41, 5.74) is 0. The minimum absolute atomic E-state index is 0.0219. The Morgan fingerprint density at radius 2 is 0.871 bits per heavy atom. The molecular formula is C60H115N2O7P. The van der Waals surface area contributed by atoms with Crippen LogP contribution in [0.5, 0.6) is 0 Å². The summed E-state index contributed by atoms with van der Waals surface area (Å²) in [5, 5.41) is 3.02. The summed E-state index contributed by atoms with van der Waals surface area (Å²) >= 11 is 0. The molecule has 0 aromatic carbocycles. The van der Waals surface area contributed by atoms with Gasteiger partial charge in [-0.1, -0.05) is 244 Å². The summed E-state index contributed by atoms with van der Waals surface area (Å²) in [4.78, 5) is 39.9. The molecule has 1 N–H and O–H groups in total. The van der Waals surface area contributed by atoms with E-state index in [9.17, 15) is 19.0 Å². The van der Waals surface area contributed by atoms with Crippen LogP contribution in [0.15, 0.2) is 36.5 Å². The second-order valence-corrected chi connectivity index (χ2v) is 22.9. The number of carbonyl (C=O) groups excluding carboxylic acids is 2. The van der Waals surface area contributed by atoms with Crippen molar-refractivity contribution < 1.29 is 37.3 Å². The smallest absolute Gasteiger partial charge is 0.306 e. The molecule has 0 fully saturated rings. The third-order valence-corrected chi connectivity index (χ3v) is 14.3. The van der Waals surface area contributed by atoms with Gasteiger partial charge in [-0.05, 0) is 63.9 Å². The topological polar surface area (TPSA) is 114 Å². The molecule has 3 unspecified atom stereocenters. The van der Waals surface area contributed by atoms with E-state index in [0.717, 1.165) is 77.0 Å². The summed E-state index contributed by atoms with van der Waals surface area (Å²) in [7, 11) is 1.19. The van der Waals surface area contributed by atoms with Crippen molar-refractivity contribution in [3.8, 4) is 0 Å². The molecule has 0 aliphatic heterocycles. The Hall–Kier alpha value is -1.77. The van der Waals surface area contributed by atoms with Crippen LogP contribution < -0.4 is 10.2 Å². The van der Waals surface area contributed by atoms with Crippen molar-refractivity contribution in [1.82, 2.24) is 5.32 Å². The van der Waals surface area contributed by atoms with Gasteiger partial charge in [-0.25, -0.2) is 0 Å². The van der Waals surface area contributed by atoms with Crippen molar-refractivity contribution in [2.24, 2.45) is 0 Å². The highest BCUT2D eigenvalue weighted by atomic mass is 31.2. The summed E-state index contributed by atoms with van der Waals surface area (Å²) in [6.07, 6.45) is 59.5. The molecule has 0 spiro atoms. The van der Waals surface area contributed by atoms with E-state index in [1.807, 2.05) is 33.3 Å². The molecule has 0 aromatic heterocycles. The molecule has 0 saturated carbocycles. The van der Waals surface area contributed by atoms with Gasteiger partial charge in [-0.3, -0.25) is 14.2 Å². The zero-order chi connectivity index (χ0) is 51.5. The van der Waals surface area contributed by atoms with Gasteiger partial charge >= 0.3 is 5.97 Å². The Bertz CT molecular complexity index is 1300. The average Bonchev–Trinajstić information content (AvgIpc) is 3.32. The van der Waals surface area contributed by atoms with Crippen molar-refractivity contribution in [3.05, 3.63) is 36.5 Å². The number of nitrogens with zero attached hydrogens (tertiary/aromatic N) is 1. The monoisotopic (exact) mass is 1010 g/mol. The first kappa shape index (κ1) is 68.2. The maximum atomic E-state index is 13.5. The number of quaternary nitrogens is 1. The number of phosphoric ester groups is 1. The Morgan fingerprint density at radius 1 is 0.500 bits per heavy atom. The summed E-state index contributed by atoms with van der Waals surface area (Å²) in [6, 6.07) is -0.887. The number of unbranched alkanes of at least 4 members (excludes halogenated alkanes) is 34. The molecule has 412 valence electrons. The lowest BCUT2D eigenvalue weighted by Gasteiger charge is -2.30. The third kappa shape index (κ3) is 51.1. The van der Waals surface area contributed by atoms with Gasteiger partial charge < -0.3 is 28.5 Å². The zero-order valence-electron chi connectivity index (χ0n) is 47.0. The van der Waals surface area contributed by atoms with Crippen molar-refractivity contribution in [1.29, 1.82) is 0 Å². The van der Waals surface area contributed by atoms with Gasteiger partial charge in [0.15, 0.2) is 0 Å². The van der Waals surface area contributed by atoms with Gasteiger partial charge in [0.05, 0.1) is 33.8 Å². The molecular weight excluding hydrogens is 892 g/mol. The quantitative estimate of drug-likeness (QED) is 0.0212. The molecule has 0 aliphatic rings. The molecule has 70 heavy (non-hydrogen) atoms. The van der Waals surface area contributed by atoms with Crippen LogP contribution in [0.25, 0.3) is 0 Å². The van der Waals surface area contributed by atoms with Crippen molar-refractivity contribution in [3.63, 3.8) is 0 Å². The summed E-state index contributed by atoms with van der Waals surface area (Å²) in [6.45, 7) is 6.83. The van der Waals surface area contributed by atoms with Crippen LogP contribution in [0.4, 0.5) is 0 Å². The fourth-order valence-corrected chi connectivity index (χ4v) is 9.39. The molecule has 3 atom stereocenters. The molecule has 0 heterocycles. The van der Waals surface area contributed by atoms with E-state index < -0.39 is 20.0 Å². The number of hydrogen-bond donors (Lipinski definition) is 1. The first-order valence-corrected chi connectivity index (χ1v) is 31.3. The molecule has 0 aromatic rings. The van der Waals surface area contributed by atoms with Crippen LogP contribution in [-0.2, 0) is 27.9 Å². The average molecular weight is 1010 g/mol. The third-order valence-electron chi connectivity index (χ3n) is 13.3. The van der Waals surface area contributed by atoms with Crippen LogP contribution in [0, 0.1) is 0 Å². The Balaban J connectivity index is 5.31. The number of hydrogen-bond acceptors (Lipinski definition) is 7. The molecule has 0 saturated heterocycles. The molecule has 0 radical (unpaired) electrons. The standard InChI is InChI=1S/C60H115N2O7P/c1-7-10-13-16-19-22-25-28-30-31-33-34-37-40-43-46-49-52-59(63)61-57(56-68-70(65,66)67-55-54-62(4,5)6)58(51-48-45-42-39-36-27-24-21-18-15-12-9-3)69-60(64)53-50-47-44-41-38-35-32-29-26-23-20-17-14-11-8-2/h19,22,28,30,48,51,57-58H,7-18,20-21,23-27,29,31-47,49-50,52-56H2,1-6H3,(H-,61,63,65,66)/b22-19-,30-28-,51-48+. The van der Waals surface area contributed by atoms with Crippen LogP contribution in [0.3, 0.4) is 0 Å². The number of ether oxygens (including phenoxy) is 1. The van der Waals surface area contributed by atoms with Crippen LogP contribution in [0.1, 0.15) is 284 Å². The van der Waals surface area contributed by atoms with Gasteiger partial charge in [-0.2, -0.15) is 0 Å². The predicted octanol–water partition coefficient (Wildman–Crippen LogP) is 17.3. The normalized spacial score (nSPS) is 14.0. The largest absolute Gasteiger partial charge is 0.756 e. The van der Waals surface area contributed by atoms with E-state index in [1.165, 1.54) is 173 Å². The molecule has 1 amide bonds. The lowest BCUT2D eigenvalue weighted by atomic mass is 10.0. The summed E-state index contributed by atoms with van der Waals surface area (Å²) in [5.74, 6) is -0.539. The van der Waals surface area contributed by atoms with E-state index in [4.69, 9.17) is 13.8 Å². The molecule has 0 bridgehead atoms. The van der Waals surface area contributed by atoms with Gasteiger partial charge in [0.25, 0.3) is 7.82 Å². The maximum Gasteiger partial charge on any atom is 0.306 e. The Labute approximate surface area is 434 Å². The number of carbonyl (C=O) groups is 2. The lowest BCUT2D eigenvalue weighted by Crippen LogP contribution is -2.47. The number of phosphoric acid groups is 1. The minimum Gasteiger partial charge on any atom is -0.756 e. The van der Waals surface area contributed by atoms with Crippen LogP contribution >= 0.6 is 7.82 Å². The molecule has 0 rings (SSSR count). The van der Waals surface area contributed by atoms with E-state index >= 15 is 0 Å². The second-order valence-electron chi connectivity index (χ2n) is 21.5. The fourth-order valence-electron chi connectivity index (χ4n) is 8.67. The van der Waals surface area contributed by atoms with Gasteiger partial charge in [0.1, 0.15) is 19.3 Å². The Kier molecular flexibility index (Phi) is 49.5. The van der Waals surface area contributed by atoms with Gasteiger partial charge in [0, 0.05) is 12.8 Å². The molecule has 10 heteroatoms. The van der Waals surface area contributed by atoms with Gasteiger partial charge in [0.2, 0.25) is 5.91 Å². The zero-order valence-corrected chi connectivity index (χ0v) is 47.9. The van der Waals surface area contributed by atoms with E-state index in [0.29, 0.717) is 17.4 Å². The van der Waals surface area contributed by atoms with Crippen molar-refractivity contribution in [2.75, 3.05) is 40.9 Å². The molecule has 9 nitrogen and oxygen atoms in total. The summed E-state index contributed by atoms with van der Waals surface area (Å²) < 4.78 is 30.3. The highest BCUT2D eigenvalue weighted by molar-refractivity contribution is 7.45. The number of nitrogens with one attached hydrogen (secondary N) is 1. The highest BCUT2D eigenvalue weighted by Crippen LogP contribution is 2.38. The predicted molar refractivity (Wildman–Crippen MR) is 298 cm³/mol. The van der Waals surface area contributed by atoms with Crippen molar-refractivity contribution in [2.45, 2.75) is 296 Å². The van der Waals surface area contributed by atoms with Gasteiger partial charge in [-0.15, -0.1) is 0 Å². The maximum absolute atomic E-state index is 13.5.